The third-order valence-corrected chi connectivity index (χ3v) is 3.70. The van der Waals surface area contributed by atoms with Gasteiger partial charge in [0.2, 0.25) is 0 Å². The van der Waals surface area contributed by atoms with Crippen LogP contribution in [0.25, 0.3) is 0 Å². The van der Waals surface area contributed by atoms with Crippen molar-refractivity contribution in [3.8, 4) is 5.75 Å². The summed E-state index contributed by atoms with van der Waals surface area (Å²) in [6.45, 7) is 2.29. The van der Waals surface area contributed by atoms with Crippen LogP contribution in [0.15, 0.2) is 48.0 Å². The SMILES string of the molecule is I.NC(=NCCCn1ccnc1)NC1CCOc2ccccc21. The van der Waals surface area contributed by atoms with E-state index in [2.05, 4.69) is 21.4 Å². The van der Waals surface area contributed by atoms with Crippen LogP contribution in [0.2, 0.25) is 0 Å². The third-order valence-electron chi connectivity index (χ3n) is 3.70. The van der Waals surface area contributed by atoms with Gasteiger partial charge in [-0.2, -0.15) is 0 Å². The molecule has 3 N–H and O–H groups in total. The Bertz CT molecular complexity index is 629. The van der Waals surface area contributed by atoms with Crippen molar-refractivity contribution < 1.29 is 4.74 Å². The van der Waals surface area contributed by atoms with Crippen LogP contribution < -0.4 is 15.8 Å². The summed E-state index contributed by atoms with van der Waals surface area (Å²) in [4.78, 5) is 8.41. The number of aromatic nitrogens is 2. The topological polar surface area (TPSA) is 77.5 Å². The van der Waals surface area contributed by atoms with Gasteiger partial charge in [0.05, 0.1) is 19.0 Å². The fourth-order valence-corrected chi connectivity index (χ4v) is 2.59. The van der Waals surface area contributed by atoms with Gasteiger partial charge in [0, 0.05) is 37.5 Å². The number of nitrogens with one attached hydrogen (secondary N) is 1. The lowest BCUT2D eigenvalue weighted by molar-refractivity contribution is 0.262. The smallest absolute Gasteiger partial charge is 0.189 e. The van der Waals surface area contributed by atoms with E-state index in [4.69, 9.17) is 10.5 Å². The largest absolute Gasteiger partial charge is 0.493 e. The zero-order valence-corrected chi connectivity index (χ0v) is 15.2. The summed E-state index contributed by atoms with van der Waals surface area (Å²) >= 11 is 0. The van der Waals surface area contributed by atoms with Crippen molar-refractivity contribution in [1.29, 1.82) is 0 Å². The van der Waals surface area contributed by atoms with Crippen LogP contribution in [0, 0.1) is 0 Å². The first-order valence-electron chi connectivity index (χ1n) is 7.57. The summed E-state index contributed by atoms with van der Waals surface area (Å²) in [5, 5.41) is 3.30. The number of nitrogens with zero attached hydrogens (tertiary/aromatic N) is 3. The molecular formula is C16H22IN5O. The number of fused-ring (bicyclic) bond motifs is 1. The number of aliphatic imine (C=N–C) groups is 1. The van der Waals surface area contributed by atoms with Crippen molar-refractivity contribution >= 4 is 29.9 Å². The molecule has 1 atom stereocenters. The Labute approximate surface area is 153 Å². The van der Waals surface area contributed by atoms with Gasteiger partial charge in [-0.1, -0.05) is 18.2 Å². The number of benzene rings is 1. The maximum absolute atomic E-state index is 6.00. The highest BCUT2D eigenvalue weighted by Crippen LogP contribution is 2.31. The van der Waals surface area contributed by atoms with Gasteiger partial charge in [0.1, 0.15) is 5.75 Å². The molecule has 3 rings (SSSR count). The lowest BCUT2D eigenvalue weighted by atomic mass is 10.0. The Morgan fingerprint density at radius 3 is 3.13 bits per heavy atom. The fourth-order valence-electron chi connectivity index (χ4n) is 2.59. The average molecular weight is 427 g/mol. The van der Waals surface area contributed by atoms with Gasteiger partial charge in [-0.15, -0.1) is 24.0 Å². The Kier molecular flexibility index (Phi) is 6.69. The maximum Gasteiger partial charge on any atom is 0.189 e. The summed E-state index contributed by atoms with van der Waals surface area (Å²) in [7, 11) is 0. The molecule has 23 heavy (non-hydrogen) atoms. The second kappa shape index (κ2) is 8.76. The second-order valence-electron chi connectivity index (χ2n) is 5.29. The zero-order chi connectivity index (χ0) is 15.2. The van der Waals surface area contributed by atoms with Gasteiger partial charge in [-0.3, -0.25) is 4.99 Å². The van der Waals surface area contributed by atoms with Crippen molar-refractivity contribution in [3.05, 3.63) is 48.5 Å². The lowest BCUT2D eigenvalue weighted by Gasteiger charge is -2.26. The highest BCUT2D eigenvalue weighted by Gasteiger charge is 2.20. The van der Waals surface area contributed by atoms with Gasteiger partial charge in [0.15, 0.2) is 5.96 Å². The van der Waals surface area contributed by atoms with Crippen LogP contribution >= 0.6 is 24.0 Å². The van der Waals surface area contributed by atoms with Crippen LogP contribution in [0.1, 0.15) is 24.4 Å². The minimum atomic E-state index is 0. The van der Waals surface area contributed by atoms with Crippen molar-refractivity contribution in [1.82, 2.24) is 14.9 Å². The van der Waals surface area contributed by atoms with Crippen molar-refractivity contribution in [2.75, 3.05) is 13.2 Å². The number of imidazole rings is 1. The molecule has 1 aliphatic heterocycles. The molecule has 2 heterocycles. The molecular weight excluding hydrogens is 405 g/mol. The molecule has 2 aromatic rings. The van der Waals surface area contributed by atoms with Gasteiger partial charge in [-0.05, 0) is 12.5 Å². The molecule has 0 bridgehead atoms. The van der Waals surface area contributed by atoms with Crippen LogP contribution in [0.3, 0.4) is 0 Å². The Morgan fingerprint density at radius 2 is 2.30 bits per heavy atom. The van der Waals surface area contributed by atoms with Crippen LogP contribution in [-0.2, 0) is 6.54 Å². The highest BCUT2D eigenvalue weighted by molar-refractivity contribution is 14.0. The molecule has 0 fully saturated rings. The summed E-state index contributed by atoms with van der Waals surface area (Å²) in [5.74, 6) is 1.42. The number of nitrogens with two attached hydrogens (primary N) is 1. The predicted octanol–water partition coefficient (Wildman–Crippen LogP) is 2.32. The molecule has 0 amide bonds. The molecule has 0 radical (unpaired) electrons. The standard InChI is InChI=1S/C16H21N5O.HI/c17-16(19-7-3-9-21-10-8-18-12-21)20-14-6-11-22-15-5-2-1-4-13(14)15;/h1-2,4-5,8,10,12,14H,3,6-7,9,11H2,(H3,17,19,20);1H. The first-order chi connectivity index (χ1) is 10.8. The number of hydrogen-bond acceptors (Lipinski definition) is 3. The van der Waals surface area contributed by atoms with Crippen molar-refractivity contribution in [3.63, 3.8) is 0 Å². The Balaban J connectivity index is 0.00000192. The monoisotopic (exact) mass is 427 g/mol. The van der Waals surface area contributed by atoms with Gasteiger partial charge >= 0.3 is 0 Å². The molecule has 6 nitrogen and oxygen atoms in total. The molecule has 0 aliphatic carbocycles. The molecule has 1 aliphatic rings. The van der Waals surface area contributed by atoms with E-state index in [9.17, 15) is 0 Å². The Hall–Kier alpha value is -1.77. The average Bonchev–Trinajstić information content (AvgIpc) is 3.05. The number of ether oxygens (including phenoxy) is 1. The zero-order valence-electron chi connectivity index (χ0n) is 12.9. The number of halogens is 1. The number of para-hydroxylation sites is 1. The summed E-state index contributed by atoms with van der Waals surface area (Å²) in [5.41, 5.74) is 7.14. The summed E-state index contributed by atoms with van der Waals surface area (Å²) in [6, 6.07) is 8.22. The maximum atomic E-state index is 6.00. The molecule has 1 aromatic heterocycles. The molecule has 1 unspecified atom stereocenters. The molecule has 124 valence electrons. The highest BCUT2D eigenvalue weighted by atomic mass is 127. The minimum absolute atomic E-state index is 0. The molecule has 1 aromatic carbocycles. The van der Waals surface area contributed by atoms with E-state index in [1.165, 1.54) is 0 Å². The number of hydrogen-bond donors (Lipinski definition) is 2. The molecule has 0 saturated carbocycles. The second-order valence-corrected chi connectivity index (χ2v) is 5.29. The number of aryl methyl sites for hydroxylation is 1. The fraction of sp³-hybridized carbons (Fsp3) is 0.375. The van der Waals surface area contributed by atoms with E-state index in [0.29, 0.717) is 19.1 Å². The van der Waals surface area contributed by atoms with Gasteiger partial charge < -0.3 is 20.4 Å². The van der Waals surface area contributed by atoms with E-state index in [-0.39, 0.29) is 30.0 Å². The lowest BCUT2D eigenvalue weighted by Crippen LogP contribution is -2.37. The van der Waals surface area contributed by atoms with Crippen LogP contribution in [-0.4, -0.2) is 28.7 Å². The first kappa shape index (κ1) is 17.6. The van der Waals surface area contributed by atoms with Crippen LogP contribution in [0.5, 0.6) is 5.75 Å². The van der Waals surface area contributed by atoms with Gasteiger partial charge in [-0.25, -0.2) is 4.98 Å². The molecule has 0 spiro atoms. The van der Waals surface area contributed by atoms with Crippen molar-refractivity contribution in [2.24, 2.45) is 10.7 Å². The Morgan fingerprint density at radius 1 is 1.43 bits per heavy atom. The van der Waals surface area contributed by atoms with Crippen LogP contribution in [0.4, 0.5) is 0 Å². The minimum Gasteiger partial charge on any atom is -0.493 e. The quantitative estimate of drug-likeness (QED) is 0.332. The van der Waals surface area contributed by atoms with E-state index in [1.54, 1.807) is 6.20 Å². The van der Waals surface area contributed by atoms with E-state index >= 15 is 0 Å². The third kappa shape index (κ3) is 4.85. The van der Waals surface area contributed by atoms with E-state index < -0.39 is 0 Å². The molecule has 0 saturated heterocycles. The van der Waals surface area contributed by atoms with Crippen molar-refractivity contribution in [2.45, 2.75) is 25.4 Å². The first-order valence-corrected chi connectivity index (χ1v) is 7.57. The van der Waals surface area contributed by atoms with Gasteiger partial charge in [0.25, 0.3) is 0 Å². The predicted molar refractivity (Wildman–Crippen MR) is 101 cm³/mol. The summed E-state index contributed by atoms with van der Waals surface area (Å²) in [6.07, 6.45) is 7.36. The normalized spacial score (nSPS) is 16.9. The number of rotatable bonds is 5. The van der Waals surface area contributed by atoms with E-state index in [1.807, 2.05) is 35.3 Å². The summed E-state index contributed by atoms with van der Waals surface area (Å²) < 4.78 is 7.68. The molecule has 7 heteroatoms. The number of guanidine groups is 1. The van der Waals surface area contributed by atoms with E-state index in [0.717, 1.165) is 30.7 Å².